The van der Waals surface area contributed by atoms with Crippen molar-refractivity contribution >= 4 is 17.4 Å². The van der Waals surface area contributed by atoms with Gasteiger partial charge in [0.2, 0.25) is 5.91 Å². The minimum Gasteiger partial charge on any atom is -0.378 e. The highest BCUT2D eigenvalue weighted by Crippen LogP contribution is 2.38. The Labute approximate surface area is 113 Å². The van der Waals surface area contributed by atoms with Gasteiger partial charge in [0, 0.05) is 19.0 Å². The summed E-state index contributed by atoms with van der Waals surface area (Å²) >= 11 is 0. The van der Waals surface area contributed by atoms with E-state index in [2.05, 4.69) is 22.1 Å². The van der Waals surface area contributed by atoms with Crippen LogP contribution in [0, 0.1) is 11.8 Å². The third-order valence-corrected chi connectivity index (χ3v) is 3.80. The molecule has 0 aromatic carbocycles. The normalized spacial score (nSPS) is 26.1. The van der Waals surface area contributed by atoms with Crippen LogP contribution in [0.3, 0.4) is 0 Å². The van der Waals surface area contributed by atoms with E-state index < -0.39 is 0 Å². The molecule has 5 heteroatoms. The van der Waals surface area contributed by atoms with E-state index in [0.29, 0.717) is 5.92 Å². The van der Waals surface area contributed by atoms with Gasteiger partial charge in [-0.25, -0.2) is 4.98 Å². The largest absolute Gasteiger partial charge is 0.378 e. The maximum absolute atomic E-state index is 11.8. The first-order valence-electron chi connectivity index (χ1n) is 6.83. The van der Waals surface area contributed by atoms with Crippen LogP contribution >= 0.6 is 0 Å². The first kappa shape index (κ1) is 12.4. The van der Waals surface area contributed by atoms with E-state index in [1.165, 1.54) is 0 Å². The van der Waals surface area contributed by atoms with Crippen LogP contribution < -0.4 is 10.2 Å². The molecule has 1 aromatic rings. The lowest BCUT2D eigenvalue weighted by Crippen LogP contribution is -2.36. The molecule has 2 atom stereocenters. The molecular formula is C14H19N3O2. The number of ether oxygens (including phenoxy) is 1. The molecular weight excluding hydrogens is 242 g/mol. The van der Waals surface area contributed by atoms with Gasteiger partial charge in [-0.3, -0.25) is 4.79 Å². The van der Waals surface area contributed by atoms with Gasteiger partial charge in [0.25, 0.3) is 0 Å². The van der Waals surface area contributed by atoms with Crippen molar-refractivity contribution in [2.75, 3.05) is 36.5 Å². The summed E-state index contributed by atoms with van der Waals surface area (Å²) in [4.78, 5) is 18.4. The molecule has 1 aliphatic heterocycles. The Morgan fingerprint density at radius 3 is 2.74 bits per heavy atom. The number of nitrogens with one attached hydrogen (secondary N) is 1. The lowest BCUT2D eigenvalue weighted by Gasteiger charge is -2.27. The number of carbonyl (C=O) groups excluding carboxylic acids is 1. The summed E-state index contributed by atoms with van der Waals surface area (Å²) < 4.78 is 5.31. The molecule has 0 bridgehead atoms. The average Bonchev–Trinajstić information content (AvgIpc) is 3.18. The lowest BCUT2D eigenvalue weighted by atomic mass is 10.3. The Bertz CT molecular complexity index is 454. The molecule has 0 unspecified atom stereocenters. The van der Waals surface area contributed by atoms with Crippen LogP contribution in [0.5, 0.6) is 0 Å². The molecule has 1 N–H and O–H groups in total. The molecule has 1 saturated carbocycles. The summed E-state index contributed by atoms with van der Waals surface area (Å²) in [6.45, 7) is 5.35. The van der Waals surface area contributed by atoms with Gasteiger partial charge in [-0.2, -0.15) is 0 Å². The van der Waals surface area contributed by atoms with Crippen LogP contribution in [0.25, 0.3) is 0 Å². The average molecular weight is 261 g/mol. The first-order valence-corrected chi connectivity index (χ1v) is 6.83. The molecule has 0 spiro atoms. The molecule has 0 radical (unpaired) electrons. The van der Waals surface area contributed by atoms with Gasteiger partial charge >= 0.3 is 0 Å². The fraction of sp³-hybridized carbons (Fsp3) is 0.571. The minimum absolute atomic E-state index is 0.119. The second-order valence-corrected chi connectivity index (χ2v) is 5.31. The van der Waals surface area contributed by atoms with Crippen molar-refractivity contribution < 1.29 is 9.53 Å². The number of rotatable bonds is 3. The van der Waals surface area contributed by atoms with Crippen molar-refractivity contribution in [2.45, 2.75) is 13.3 Å². The fourth-order valence-corrected chi connectivity index (χ4v) is 2.36. The summed E-state index contributed by atoms with van der Waals surface area (Å²) in [5, 5.41) is 2.92. The van der Waals surface area contributed by atoms with E-state index in [1.54, 1.807) is 6.20 Å². The van der Waals surface area contributed by atoms with Crippen molar-refractivity contribution in [3.63, 3.8) is 0 Å². The van der Waals surface area contributed by atoms with Crippen molar-refractivity contribution in [2.24, 2.45) is 11.8 Å². The van der Waals surface area contributed by atoms with Crippen LogP contribution in [-0.2, 0) is 9.53 Å². The third-order valence-electron chi connectivity index (χ3n) is 3.80. The van der Waals surface area contributed by atoms with Crippen molar-refractivity contribution in [3.8, 4) is 0 Å². The smallest absolute Gasteiger partial charge is 0.227 e. The maximum Gasteiger partial charge on any atom is 0.227 e. The molecule has 5 nitrogen and oxygen atoms in total. The zero-order chi connectivity index (χ0) is 13.2. The second kappa shape index (κ2) is 5.17. The summed E-state index contributed by atoms with van der Waals surface area (Å²) in [6, 6.07) is 3.88. The summed E-state index contributed by atoms with van der Waals surface area (Å²) in [7, 11) is 0. The Kier molecular flexibility index (Phi) is 3.38. The lowest BCUT2D eigenvalue weighted by molar-refractivity contribution is -0.117. The van der Waals surface area contributed by atoms with Crippen LogP contribution in [0.1, 0.15) is 13.3 Å². The Morgan fingerprint density at radius 1 is 1.42 bits per heavy atom. The first-order chi connectivity index (χ1) is 9.24. The number of pyridine rings is 1. The quantitative estimate of drug-likeness (QED) is 0.896. The number of amides is 1. The highest BCUT2D eigenvalue weighted by molar-refractivity contribution is 5.94. The Hall–Kier alpha value is -1.62. The standard InChI is InChI=1S/C14H19N3O2/c1-10-8-12(10)14(18)16-11-2-3-13(15-9-11)17-4-6-19-7-5-17/h2-3,9-10,12H,4-8H2,1H3,(H,16,18)/t10-,12+/m1/s1. The molecule has 2 heterocycles. The van der Waals surface area contributed by atoms with Gasteiger partial charge in [0.15, 0.2) is 0 Å². The van der Waals surface area contributed by atoms with Gasteiger partial charge in [-0.1, -0.05) is 6.92 Å². The number of anilines is 2. The summed E-state index contributed by atoms with van der Waals surface area (Å²) in [5.41, 5.74) is 0.779. The fourth-order valence-electron chi connectivity index (χ4n) is 2.36. The topological polar surface area (TPSA) is 54.5 Å². The van der Waals surface area contributed by atoms with Gasteiger partial charge in [-0.15, -0.1) is 0 Å². The van der Waals surface area contributed by atoms with E-state index in [1.807, 2.05) is 12.1 Å². The van der Waals surface area contributed by atoms with Gasteiger partial charge in [-0.05, 0) is 24.5 Å². The molecule has 2 aliphatic rings. The number of carbonyl (C=O) groups is 1. The number of aromatic nitrogens is 1. The van der Waals surface area contributed by atoms with Crippen LogP contribution in [0.15, 0.2) is 18.3 Å². The highest BCUT2D eigenvalue weighted by Gasteiger charge is 2.39. The zero-order valence-electron chi connectivity index (χ0n) is 11.1. The van der Waals surface area contributed by atoms with Crippen molar-refractivity contribution in [1.82, 2.24) is 4.98 Å². The van der Waals surface area contributed by atoms with E-state index in [-0.39, 0.29) is 11.8 Å². The molecule has 1 aliphatic carbocycles. The van der Waals surface area contributed by atoms with Crippen LogP contribution in [0.4, 0.5) is 11.5 Å². The number of nitrogens with zero attached hydrogens (tertiary/aromatic N) is 2. The minimum atomic E-state index is 0.119. The number of morpholine rings is 1. The predicted octanol–water partition coefficient (Wildman–Crippen LogP) is 1.51. The van der Waals surface area contributed by atoms with Gasteiger partial charge in [0.1, 0.15) is 5.82 Å². The molecule has 1 amide bonds. The third kappa shape index (κ3) is 2.87. The van der Waals surface area contributed by atoms with Crippen molar-refractivity contribution in [3.05, 3.63) is 18.3 Å². The molecule has 19 heavy (non-hydrogen) atoms. The molecule has 3 rings (SSSR count). The van der Waals surface area contributed by atoms with E-state index in [9.17, 15) is 4.79 Å². The SMILES string of the molecule is C[C@@H]1C[C@@H]1C(=O)Nc1ccc(N2CCOCC2)nc1. The number of hydrogen-bond acceptors (Lipinski definition) is 4. The van der Waals surface area contributed by atoms with Crippen molar-refractivity contribution in [1.29, 1.82) is 0 Å². The Morgan fingerprint density at radius 2 is 2.16 bits per heavy atom. The monoisotopic (exact) mass is 261 g/mol. The zero-order valence-corrected chi connectivity index (χ0v) is 11.1. The second-order valence-electron chi connectivity index (χ2n) is 5.31. The predicted molar refractivity (Wildman–Crippen MR) is 73.2 cm³/mol. The van der Waals surface area contributed by atoms with E-state index in [0.717, 1.165) is 44.2 Å². The summed E-state index contributed by atoms with van der Waals surface area (Å²) in [6.07, 6.45) is 2.74. The maximum atomic E-state index is 11.8. The molecule has 2 fully saturated rings. The summed E-state index contributed by atoms with van der Waals surface area (Å²) in [5.74, 6) is 1.79. The highest BCUT2D eigenvalue weighted by atomic mass is 16.5. The molecule has 1 aromatic heterocycles. The van der Waals surface area contributed by atoms with Crippen LogP contribution in [-0.4, -0.2) is 37.2 Å². The van der Waals surface area contributed by atoms with Gasteiger partial charge in [0.05, 0.1) is 25.1 Å². The molecule has 102 valence electrons. The van der Waals surface area contributed by atoms with Crippen LogP contribution in [0.2, 0.25) is 0 Å². The van der Waals surface area contributed by atoms with E-state index in [4.69, 9.17) is 4.74 Å². The molecule has 1 saturated heterocycles. The van der Waals surface area contributed by atoms with Gasteiger partial charge < -0.3 is 15.0 Å². The number of hydrogen-bond donors (Lipinski definition) is 1. The van der Waals surface area contributed by atoms with E-state index >= 15 is 0 Å². The Balaban J connectivity index is 1.60.